The summed E-state index contributed by atoms with van der Waals surface area (Å²) in [7, 11) is 0. The monoisotopic (exact) mass is 246 g/mol. The van der Waals surface area contributed by atoms with E-state index in [9.17, 15) is 18.3 Å². The summed E-state index contributed by atoms with van der Waals surface area (Å²) in [6, 6.07) is 9.49. The van der Waals surface area contributed by atoms with Crippen molar-refractivity contribution < 1.29 is 18.3 Å². The van der Waals surface area contributed by atoms with Crippen molar-refractivity contribution in [1.29, 1.82) is 0 Å². The predicted molar refractivity (Wildman–Crippen MR) is 60.8 cm³/mol. The normalized spacial score (nSPS) is 15.6. The van der Waals surface area contributed by atoms with Crippen LogP contribution in [0.3, 0.4) is 0 Å². The molecule has 1 nitrogen and oxygen atoms in total. The summed E-state index contributed by atoms with van der Waals surface area (Å²) < 4.78 is 35.9. The highest BCUT2D eigenvalue weighted by Crippen LogP contribution is 2.26. The van der Waals surface area contributed by atoms with E-state index in [1.165, 1.54) is 0 Å². The molecule has 2 unspecified atom stereocenters. The van der Waals surface area contributed by atoms with Gasteiger partial charge < -0.3 is 5.11 Å². The van der Waals surface area contributed by atoms with Crippen molar-refractivity contribution in [2.45, 2.75) is 44.4 Å². The number of hydrogen-bond donors (Lipinski definition) is 1. The van der Waals surface area contributed by atoms with E-state index in [4.69, 9.17) is 0 Å². The Labute approximate surface area is 99.3 Å². The van der Waals surface area contributed by atoms with Gasteiger partial charge in [0.1, 0.15) is 0 Å². The van der Waals surface area contributed by atoms with Crippen molar-refractivity contribution in [3.63, 3.8) is 0 Å². The van der Waals surface area contributed by atoms with Gasteiger partial charge in [0.15, 0.2) is 0 Å². The lowest BCUT2D eigenvalue weighted by Crippen LogP contribution is -2.16. The quantitative estimate of drug-likeness (QED) is 0.835. The van der Waals surface area contributed by atoms with Crippen molar-refractivity contribution in [1.82, 2.24) is 0 Å². The van der Waals surface area contributed by atoms with Gasteiger partial charge in [-0.1, -0.05) is 37.3 Å². The van der Waals surface area contributed by atoms with Crippen LogP contribution >= 0.6 is 0 Å². The average molecular weight is 246 g/mol. The Hall–Kier alpha value is -1.03. The average Bonchev–Trinajstić information content (AvgIpc) is 2.27. The topological polar surface area (TPSA) is 20.2 Å². The van der Waals surface area contributed by atoms with Gasteiger partial charge in [0.2, 0.25) is 0 Å². The first-order valence-electron chi connectivity index (χ1n) is 5.68. The third-order valence-corrected chi connectivity index (χ3v) is 2.76. The zero-order valence-corrected chi connectivity index (χ0v) is 9.74. The molecule has 96 valence electrons. The second-order valence-electron chi connectivity index (χ2n) is 4.36. The highest BCUT2D eigenvalue weighted by atomic mass is 19.4. The van der Waals surface area contributed by atoms with Crippen molar-refractivity contribution in [2.75, 3.05) is 0 Å². The maximum Gasteiger partial charge on any atom is 0.389 e. The molecule has 0 spiro atoms. The molecule has 0 aliphatic heterocycles. The van der Waals surface area contributed by atoms with Crippen LogP contribution in [0.4, 0.5) is 13.2 Å². The molecule has 0 heterocycles. The Morgan fingerprint density at radius 3 is 2.29 bits per heavy atom. The Kier molecular flexibility index (Phi) is 5.00. The number of aliphatic hydroxyl groups excluding tert-OH is 1. The summed E-state index contributed by atoms with van der Waals surface area (Å²) in [5.41, 5.74) is 1.04. The first kappa shape index (κ1) is 14.0. The van der Waals surface area contributed by atoms with Gasteiger partial charge in [-0.25, -0.2) is 0 Å². The van der Waals surface area contributed by atoms with Gasteiger partial charge in [-0.2, -0.15) is 13.2 Å². The molecule has 0 radical (unpaired) electrons. The third kappa shape index (κ3) is 5.73. The minimum absolute atomic E-state index is 0.0689. The minimum Gasteiger partial charge on any atom is -0.393 e. The van der Waals surface area contributed by atoms with Gasteiger partial charge in [-0.3, -0.25) is 0 Å². The Balaban J connectivity index is 2.39. The zero-order valence-electron chi connectivity index (χ0n) is 9.74. The fourth-order valence-electron chi connectivity index (χ4n) is 1.77. The van der Waals surface area contributed by atoms with Gasteiger partial charge >= 0.3 is 6.18 Å². The van der Waals surface area contributed by atoms with Crippen LogP contribution in [0.1, 0.15) is 37.7 Å². The van der Waals surface area contributed by atoms with E-state index in [0.29, 0.717) is 6.42 Å². The lowest BCUT2D eigenvalue weighted by molar-refractivity contribution is -0.140. The number of halogens is 3. The van der Waals surface area contributed by atoms with E-state index < -0.39 is 18.7 Å². The SMILES string of the molecule is CC(CC(O)CCC(F)(F)F)c1ccccc1. The summed E-state index contributed by atoms with van der Waals surface area (Å²) in [5.74, 6) is 0.0689. The molecule has 1 N–H and O–H groups in total. The molecule has 17 heavy (non-hydrogen) atoms. The smallest absolute Gasteiger partial charge is 0.389 e. The first-order chi connectivity index (χ1) is 7.88. The van der Waals surface area contributed by atoms with Crippen LogP contribution in [-0.2, 0) is 0 Å². The fraction of sp³-hybridized carbons (Fsp3) is 0.538. The van der Waals surface area contributed by atoms with Gasteiger partial charge in [-0.15, -0.1) is 0 Å². The Bertz CT molecular complexity index is 321. The number of benzene rings is 1. The highest BCUT2D eigenvalue weighted by molar-refractivity contribution is 5.18. The molecule has 1 aromatic rings. The highest BCUT2D eigenvalue weighted by Gasteiger charge is 2.28. The van der Waals surface area contributed by atoms with Crippen LogP contribution < -0.4 is 0 Å². The first-order valence-corrected chi connectivity index (χ1v) is 5.68. The van der Waals surface area contributed by atoms with Crippen LogP contribution in [0, 0.1) is 0 Å². The second kappa shape index (κ2) is 6.05. The molecule has 2 atom stereocenters. The van der Waals surface area contributed by atoms with Gasteiger partial charge in [0.25, 0.3) is 0 Å². The molecular weight excluding hydrogens is 229 g/mol. The maximum absolute atomic E-state index is 12.0. The summed E-state index contributed by atoms with van der Waals surface area (Å²) in [4.78, 5) is 0. The van der Waals surface area contributed by atoms with E-state index in [1.807, 2.05) is 37.3 Å². The minimum atomic E-state index is -4.18. The molecule has 0 bridgehead atoms. The van der Waals surface area contributed by atoms with E-state index in [-0.39, 0.29) is 12.3 Å². The standard InChI is InChI=1S/C13H17F3O/c1-10(11-5-3-2-4-6-11)9-12(17)7-8-13(14,15)16/h2-6,10,12,17H,7-9H2,1H3. The number of alkyl halides is 3. The van der Waals surface area contributed by atoms with Gasteiger partial charge in [0, 0.05) is 6.42 Å². The van der Waals surface area contributed by atoms with Crippen LogP contribution in [0.2, 0.25) is 0 Å². The number of rotatable bonds is 5. The van der Waals surface area contributed by atoms with Crippen LogP contribution in [0.15, 0.2) is 30.3 Å². The molecule has 0 amide bonds. The molecular formula is C13H17F3O. The maximum atomic E-state index is 12.0. The predicted octanol–water partition coefficient (Wildman–Crippen LogP) is 3.88. The van der Waals surface area contributed by atoms with E-state index >= 15 is 0 Å². The Morgan fingerprint density at radius 1 is 1.18 bits per heavy atom. The Morgan fingerprint density at radius 2 is 1.76 bits per heavy atom. The molecule has 0 aliphatic carbocycles. The zero-order chi connectivity index (χ0) is 12.9. The van der Waals surface area contributed by atoms with Crippen molar-refractivity contribution in [3.8, 4) is 0 Å². The summed E-state index contributed by atoms with van der Waals surface area (Å²) in [6.07, 6.45) is -5.86. The molecule has 1 rings (SSSR count). The second-order valence-corrected chi connectivity index (χ2v) is 4.36. The summed E-state index contributed by atoms with van der Waals surface area (Å²) in [6.45, 7) is 1.91. The number of aliphatic hydroxyl groups is 1. The molecule has 0 aromatic heterocycles. The van der Waals surface area contributed by atoms with Crippen LogP contribution in [0.25, 0.3) is 0 Å². The van der Waals surface area contributed by atoms with Crippen molar-refractivity contribution in [3.05, 3.63) is 35.9 Å². The van der Waals surface area contributed by atoms with E-state index in [0.717, 1.165) is 5.56 Å². The summed E-state index contributed by atoms with van der Waals surface area (Å²) in [5, 5.41) is 9.54. The van der Waals surface area contributed by atoms with Crippen LogP contribution in [-0.4, -0.2) is 17.4 Å². The van der Waals surface area contributed by atoms with E-state index in [1.54, 1.807) is 0 Å². The molecule has 4 heteroatoms. The molecule has 0 saturated heterocycles. The van der Waals surface area contributed by atoms with Crippen LogP contribution in [0.5, 0.6) is 0 Å². The van der Waals surface area contributed by atoms with Gasteiger partial charge in [-0.05, 0) is 24.3 Å². The van der Waals surface area contributed by atoms with Gasteiger partial charge in [0.05, 0.1) is 6.10 Å². The van der Waals surface area contributed by atoms with Crippen molar-refractivity contribution >= 4 is 0 Å². The summed E-state index contributed by atoms with van der Waals surface area (Å²) >= 11 is 0. The molecule has 0 aliphatic rings. The number of hydrogen-bond acceptors (Lipinski definition) is 1. The fourth-order valence-corrected chi connectivity index (χ4v) is 1.77. The molecule has 0 saturated carbocycles. The largest absolute Gasteiger partial charge is 0.393 e. The lowest BCUT2D eigenvalue weighted by atomic mass is 9.93. The van der Waals surface area contributed by atoms with E-state index in [2.05, 4.69) is 0 Å². The molecule has 1 aromatic carbocycles. The third-order valence-electron chi connectivity index (χ3n) is 2.76. The lowest BCUT2D eigenvalue weighted by Gasteiger charge is -2.17. The van der Waals surface area contributed by atoms with Crippen molar-refractivity contribution in [2.24, 2.45) is 0 Å². The molecule has 0 fully saturated rings.